The van der Waals surface area contributed by atoms with E-state index in [0.29, 0.717) is 6.61 Å². The molecule has 0 aliphatic carbocycles. The maximum absolute atomic E-state index is 12.7. The second kappa shape index (κ2) is 7.29. The second-order valence-electron chi connectivity index (χ2n) is 3.72. The minimum absolute atomic E-state index is 0.0842. The standard InChI is InChI=1S/C12H18NO2PS2/c1-4-15-16(14,13(3)10-17)18-11(2)12-8-6-5-7-9-12/h5-11H,4H2,1-3H3. The van der Waals surface area contributed by atoms with Crippen molar-refractivity contribution >= 4 is 35.8 Å². The zero-order chi connectivity index (χ0) is 13.6. The molecule has 2 atom stereocenters. The minimum atomic E-state index is -2.94. The van der Waals surface area contributed by atoms with Gasteiger partial charge in [0, 0.05) is 12.3 Å². The number of hydrogen-bond acceptors (Lipinski definition) is 4. The highest BCUT2D eigenvalue weighted by molar-refractivity contribution is 8.56. The van der Waals surface area contributed by atoms with Crippen LogP contribution in [0.3, 0.4) is 0 Å². The molecule has 0 amide bonds. The van der Waals surface area contributed by atoms with E-state index in [1.165, 1.54) is 21.5 Å². The summed E-state index contributed by atoms with van der Waals surface area (Å²) in [5.74, 6) is 0. The van der Waals surface area contributed by atoms with Gasteiger partial charge < -0.3 is 4.52 Å². The molecule has 0 saturated carbocycles. The first-order valence-electron chi connectivity index (χ1n) is 5.70. The maximum atomic E-state index is 12.7. The first kappa shape index (κ1) is 15.7. The summed E-state index contributed by atoms with van der Waals surface area (Å²) in [5.41, 5.74) is 2.50. The number of rotatable bonds is 7. The Morgan fingerprint density at radius 3 is 2.61 bits per heavy atom. The first-order chi connectivity index (χ1) is 8.53. The molecule has 1 rings (SSSR count). The lowest BCUT2D eigenvalue weighted by molar-refractivity contribution is 0.325. The van der Waals surface area contributed by atoms with Gasteiger partial charge in [-0.05, 0) is 30.8 Å². The Hall–Kier alpha value is -0.350. The van der Waals surface area contributed by atoms with E-state index in [0.717, 1.165) is 5.56 Å². The van der Waals surface area contributed by atoms with Gasteiger partial charge in [0.25, 0.3) is 0 Å². The predicted molar refractivity (Wildman–Crippen MR) is 83.1 cm³/mol. The Morgan fingerprint density at radius 1 is 1.50 bits per heavy atom. The topological polar surface area (TPSA) is 29.5 Å². The fourth-order valence-electron chi connectivity index (χ4n) is 1.40. The van der Waals surface area contributed by atoms with Crippen LogP contribution in [0.15, 0.2) is 30.3 Å². The molecule has 0 bridgehead atoms. The Morgan fingerprint density at radius 2 is 2.11 bits per heavy atom. The average Bonchev–Trinajstić information content (AvgIpc) is 2.39. The van der Waals surface area contributed by atoms with Crippen LogP contribution in [0.2, 0.25) is 0 Å². The summed E-state index contributed by atoms with van der Waals surface area (Å²) in [6.45, 7) is 1.31. The third-order valence-electron chi connectivity index (χ3n) is 2.39. The van der Waals surface area contributed by atoms with Gasteiger partial charge in [-0.3, -0.25) is 9.24 Å². The molecule has 0 N–H and O–H groups in total. The Kier molecular flexibility index (Phi) is 6.36. The normalized spacial score (nSPS) is 15.7. The highest BCUT2D eigenvalue weighted by Gasteiger charge is 2.30. The van der Waals surface area contributed by atoms with E-state index >= 15 is 0 Å². The molecule has 100 valence electrons. The molecule has 0 fully saturated rings. The summed E-state index contributed by atoms with van der Waals surface area (Å²) in [5, 5.41) is 0.0842. The Balaban J connectivity index is 2.85. The molecule has 3 nitrogen and oxygen atoms in total. The van der Waals surface area contributed by atoms with Gasteiger partial charge in [-0.15, -0.1) is 0 Å². The molecule has 0 saturated heterocycles. The van der Waals surface area contributed by atoms with Crippen LogP contribution in [0.25, 0.3) is 0 Å². The van der Waals surface area contributed by atoms with Crippen molar-refractivity contribution in [1.82, 2.24) is 4.67 Å². The van der Waals surface area contributed by atoms with E-state index in [-0.39, 0.29) is 5.25 Å². The molecule has 0 radical (unpaired) electrons. The van der Waals surface area contributed by atoms with Crippen molar-refractivity contribution < 1.29 is 9.09 Å². The summed E-state index contributed by atoms with van der Waals surface area (Å²) in [4.78, 5) is 0. The number of benzene rings is 1. The fraction of sp³-hybridized carbons (Fsp3) is 0.417. The van der Waals surface area contributed by atoms with Gasteiger partial charge in [-0.2, -0.15) is 0 Å². The smallest absolute Gasteiger partial charge is 0.306 e. The molecular formula is C12H18NO2PS2. The van der Waals surface area contributed by atoms with Crippen LogP contribution in [0.1, 0.15) is 24.7 Å². The third kappa shape index (κ3) is 4.09. The van der Waals surface area contributed by atoms with Crippen LogP contribution in [0.5, 0.6) is 0 Å². The second-order valence-corrected chi connectivity index (χ2v) is 8.70. The molecule has 1 aromatic rings. The van der Waals surface area contributed by atoms with Crippen molar-refractivity contribution in [3.05, 3.63) is 35.9 Å². The van der Waals surface area contributed by atoms with Crippen LogP contribution < -0.4 is 0 Å². The number of hydrogen-bond donors (Lipinski definition) is 0. The summed E-state index contributed by atoms with van der Waals surface area (Å²) < 4.78 is 19.6. The van der Waals surface area contributed by atoms with Crippen molar-refractivity contribution in [2.24, 2.45) is 0 Å². The number of nitrogens with zero attached hydrogens (tertiary/aromatic N) is 1. The van der Waals surface area contributed by atoms with Crippen LogP contribution >= 0.6 is 30.3 Å². The molecule has 0 spiro atoms. The maximum Gasteiger partial charge on any atom is 0.354 e. The van der Waals surface area contributed by atoms with Crippen molar-refractivity contribution in [3.8, 4) is 0 Å². The summed E-state index contributed by atoms with van der Waals surface area (Å²) in [7, 11) is 1.69. The predicted octanol–water partition coefficient (Wildman–Crippen LogP) is 4.51. The van der Waals surface area contributed by atoms with E-state index in [9.17, 15) is 4.57 Å². The minimum Gasteiger partial charge on any atom is -0.306 e. The largest absolute Gasteiger partial charge is 0.354 e. The lowest BCUT2D eigenvalue weighted by atomic mass is 10.2. The van der Waals surface area contributed by atoms with Crippen LogP contribution in [-0.2, 0) is 9.09 Å². The molecule has 18 heavy (non-hydrogen) atoms. The summed E-state index contributed by atoms with van der Waals surface area (Å²) >= 11 is 6.16. The summed E-state index contributed by atoms with van der Waals surface area (Å²) in [6, 6.07) is 9.95. The van der Waals surface area contributed by atoms with Gasteiger partial charge in [0.15, 0.2) is 0 Å². The zero-order valence-corrected chi connectivity index (χ0v) is 13.3. The van der Waals surface area contributed by atoms with Gasteiger partial charge in [0.05, 0.1) is 12.1 Å². The van der Waals surface area contributed by atoms with E-state index in [1.807, 2.05) is 44.2 Å². The van der Waals surface area contributed by atoms with Crippen LogP contribution in [-0.4, -0.2) is 23.8 Å². The monoisotopic (exact) mass is 303 g/mol. The van der Waals surface area contributed by atoms with Gasteiger partial charge in [-0.25, -0.2) is 0 Å². The van der Waals surface area contributed by atoms with Crippen molar-refractivity contribution in [3.63, 3.8) is 0 Å². The Labute approximate surface area is 118 Å². The van der Waals surface area contributed by atoms with Crippen molar-refractivity contribution in [1.29, 1.82) is 0 Å². The molecule has 0 aliphatic rings. The highest BCUT2D eigenvalue weighted by Crippen LogP contribution is 2.65. The van der Waals surface area contributed by atoms with E-state index in [1.54, 1.807) is 7.05 Å². The summed E-state index contributed by atoms with van der Waals surface area (Å²) in [6.07, 6.45) is 0. The lowest BCUT2D eigenvalue weighted by Gasteiger charge is -2.26. The van der Waals surface area contributed by atoms with Gasteiger partial charge in [-0.1, -0.05) is 42.5 Å². The quantitative estimate of drug-likeness (QED) is 0.546. The highest BCUT2D eigenvalue weighted by atomic mass is 32.7. The number of thiocarbonyl (C=S) groups is 1. The molecular weight excluding hydrogens is 285 g/mol. The van der Waals surface area contributed by atoms with E-state index in [2.05, 4.69) is 0 Å². The van der Waals surface area contributed by atoms with Gasteiger partial charge in [0.1, 0.15) is 0 Å². The first-order valence-corrected chi connectivity index (χ1v) is 9.23. The molecule has 1 aromatic carbocycles. The molecule has 0 heterocycles. The van der Waals surface area contributed by atoms with Gasteiger partial charge in [0.2, 0.25) is 0 Å². The fourth-order valence-corrected chi connectivity index (χ4v) is 6.12. The lowest BCUT2D eigenvalue weighted by Crippen LogP contribution is -2.12. The molecule has 0 aliphatic heterocycles. The van der Waals surface area contributed by atoms with E-state index in [4.69, 9.17) is 16.7 Å². The van der Waals surface area contributed by atoms with Crippen molar-refractivity contribution in [2.45, 2.75) is 19.1 Å². The molecule has 0 aromatic heterocycles. The van der Waals surface area contributed by atoms with Crippen molar-refractivity contribution in [2.75, 3.05) is 13.7 Å². The molecule has 2 unspecified atom stereocenters. The SMILES string of the molecule is CCOP(=O)(SC(C)c1ccccc1)N(C)C=S. The third-order valence-corrected chi connectivity index (χ3v) is 8.03. The van der Waals surface area contributed by atoms with Crippen LogP contribution in [0, 0.1) is 0 Å². The average molecular weight is 303 g/mol. The molecule has 6 heteroatoms. The van der Waals surface area contributed by atoms with Crippen LogP contribution in [0.4, 0.5) is 0 Å². The van der Waals surface area contributed by atoms with Gasteiger partial charge >= 0.3 is 6.72 Å². The zero-order valence-electron chi connectivity index (χ0n) is 10.8. The Bertz CT molecular complexity index is 427. The van der Waals surface area contributed by atoms with E-state index < -0.39 is 6.72 Å².